The molecule has 2 aromatic heterocycles. The number of aryl methyl sites for hydroxylation is 1. The van der Waals surface area contributed by atoms with E-state index in [1.165, 1.54) is 25.1 Å². The molecule has 1 aromatic carbocycles. The number of carbonyl (C=O) groups is 1. The lowest BCUT2D eigenvalue weighted by atomic mass is 10.2. The molecule has 10 heteroatoms. The number of anilines is 2. The van der Waals surface area contributed by atoms with Crippen LogP contribution in [0, 0.1) is 0 Å². The van der Waals surface area contributed by atoms with Gasteiger partial charge in [0.05, 0.1) is 22.7 Å². The van der Waals surface area contributed by atoms with Crippen molar-refractivity contribution in [3.63, 3.8) is 0 Å². The molecule has 0 saturated heterocycles. The zero-order valence-corrected chi connectivity index (χ0v) is 16.8. The zero-order chi connectivity index (χ0) is 20.3. The minimum absolute atomic E-state index is 0.0739. The molecule has 0 fully saturated rings. The molecule has 0 aliphatic heterocycles. The highest BCUT2D eigenvalue weighted by Crippen LogP contribution is 2.25. The number of hydrogen-bond acceptors (Lipinski definition) is 5. The van der Waals surface area contributed by atoms with E-state index in [9.17, 15) is 13.2 Å². The van der Waals surface area contributed by atoms with Gasteiger partial charge in [-0.25, -0.2) is 18.4 Å². The summed E-state index contributed by atoms with van der Waals surface area (Å²) in [4.78, 5) is 21.0. The second-order valence-electron chi connectivity index (χ2n) is 5.99. The minimum atomic E-state index is -3.46. The molecule has 0 aliphatic rings. The van der Waals surface area contributed by atoms with Crippen molar-refractivity contribution >= 4 is 38.9 Å². The van der Waals surface area contributed by atoms with Gasteiger partial charge < -0.3 is 9.88 Å². The van der Waals surface area contributed by atoms with Gasteiger partial charge in [0.15, 0.2) is 5.82 Å². The number of amides is 1. The van der Waals surface area contributed by atoms with E-state index >= 15 is 0 Å². The third kappa shape index (κ3) is 4.68. The van der Waals surface area contributed by atoms with Crippen molar-refractivity contribution in [3.8, 4) is 11.5 Å². The lowest BCUT2D eigenvalue weighted by molar-refractivity contribution is 0.102. The molecule has 8 nitrogen and oxygen atoms in total. The van der Waals surface area contributed by atoms with Crippen molar-refractivity contribution in [1.82, 2.24) is 14.5 Å². The number of rotatable bonds is 6. The van der Waals surface area contributed by atoms with Gasteiger partial charge in [-0.2, -0.15) is 0 Å². The van der Waals surface area contributed by atoms with Gasteiger partial charge in [-0.1, -0.05) is 11.6 Å². The normalized spacial score (nSPS) is 11.2. The molecule has 2 heterocycles. The Hall–Kier alpha value is -2.91. The summed E-state index contributed by atoms with van der Waals surface area (Å²) in [5.41, 5.74) is 1.73. The van der Waals surface area contributed by atoms with E-state index in [2.05, 4.69) is 20.0 Å². The van der Waals surface area contributed by atoms with Crippen LogP contribution in [0.1, 0.15) is 17.3 Å². The molecule has 2 N–H and O–H groups in total. The maximum absolute atomic E-state index is 12.6. The fourth-order valence-electron chi connectivity index (χ4n) is 2.52. The summed E-state index contributed by atoms with van der Waals surface area (Å²) in [5.74, 6) is 0.0580. The van der Waals surface area contributed by atoms with E-state index in [-0.39, 0.29) is 22.4 Å². The first-order valence-electron chi connectivity index (χ1n) is 8.33. The first kappa shape index (κ1) is 19.8. The Morgan fingerprint density at radius 1 is 1.14 bits per heavy atom. The molecule has 146 valence electrons. The van der Waals surface area contributed by atoms with E-state index in [0.717, 1.165) is 0 Å². The van der Waals surface area contributed by atoms with Crippen LogP contribution in [0.3, 0.4) is 0 Å². The van der Waals surface area contributed by atoms with Crippen LogP contribution in [0.15, 0.2) is 48.9 Å². The van der Waals surface area contributed by atoms with Crippen LogP contribution < -0.4 is 10.0 Å². The van der Waals surface area contributed by atoms with Crippen LogP contribution >= 0.6 is 11.6 Å². The predicted molar refractivity (Wildman–Crippen MR) is 109 cm³/mol. The van der Waals surface area contributed by atoms with E-state index < -0.39 is 10.0 Å². The van der Waals surface area contributed by atoms with Gasteiger partial charge >= 0.3 is 0 Å². The van der Waals surface area contributed by atoms with E-state index in [1.807, 2.05) is 0 Å². The van der Waals surface area contributed by atoms with Crippen LogP contribution in [-0.2, 0) is 17.1 Å². The number of aromatic nitrogens is 3. The fraction of sp³-hybridized carbons (Fsp3) is 0.167. The molecule has 1 amide bonds. The summed E-state index contributed by atoms with van der Waals surface area (Å²) in [6.45, 7) is 1.53. The Balaban J connectivity index is 1.83. The van der Waals surface area contributed by atoms with Crippen LogP contribution in [0.5, 0.6) is 0 Å². The summed E-state index contributed by atoms with van der Waals surface area (Å²) in [5, 5.41) is 3.01. The molecular weight excluding hydrogens is 402 g/mol. The first-order valence-corrected chi connectivity index (χ1v) is 10.4. The van der Waals surface area contributed by atoms with Crippen LogP contribution in [0.25, 0.3) is 11.5 Å². The van der Waals surface area contributed by atoms with Crippen molar-refractivity contribution in [2.24, 2.45) is 7.05 Å². The SMILES string of the molecule is CCS(=O)(=O)Nc1cc(Cl)cc(NC(=O)c2cc(-c3ncccn3)n(C)c2)c1. The van der Waals surface area contributed by atoms with Gasteiger partial charge in [0.1, 0.15) is 0 Å². The molecule has 3 rings (SSSR count). The number of benzene rings is 1. The molecule has 0 bridgehead atoms. The Kier molecular flexibility index (Phi) is 5.66. The summed E-state index contributed by atoms with van der Waals surface area (Å²) in [6, 6.07) is 7.89. The lowest BCUT2D eigenvalue weighted by Crippen LogP contribution is -2.15. The monoisotopic (exact) mass is 419 g/mol. The highest BCUT2D eigenvalue weighted by molar-refractivity contribution is 7.92. The summed E-state index contributed by atoms with van der Waals surface area (Å²) in [6.07, 6.45) is 4.91. The predicted octanol–water partition coefficient (Wildman–Crippen LogP) is 3.15. The Morgan fingerprint density at radius 2 is 1.82 bits per heavy atom. The average Bonchev–Trinajstić information content (AvgIpc) is 3.03. The number of sulfonamides is 1. The second-order valence-corrected chi connectivity index (χ2v) is 8.43. The largest absolute Gasteiger partial charge is 0.347 e. The van der Waals surface area contributed by atoms with Crippen LogP contribution in [0.2, 0.25) is 5.02 Å². The Morgan fingerprint density at radius 3 is 2.50 bits per heavy atom. The number of hydrogen-bond donors (Lipinski definition) is 2. The minimum Gasteiger partial charge on any atom is -0.347 e. The Labute approximate surface area is 167 Å². The van der Waals surface area contributed by atoms with Crippen molar-refractivity contribution in [2.45, 2.75) is 6.92 Å². The molecule has 28 heavy (non-hydrogen) atoms. The topological polar surface area (TPSA) is 106 Å². The van der Waals surface area contributed by atoms with Gasteiger partial charge in [-0.15, -0.1) is 0 Å². The van der Waals surface area contributed by atoms with Gasteiger partial charge in [-0.05, 0) is 37.3 Å². The second kappa shape index (κ2) is 7.99. The maximum Gasteiger partial charge on any atom is 0.257 e. The number of carbonyl (C=O) groups excluding carboxylic acids is 1. The van der Waals surface area contributed by atoms with Crippen molar-refractivity contribution < 1.29 is 13.2 Å². The molecule has 0 unspecified atom stereocenters. The molecule has 0 radical (unpaired) electrons. The third-order valence-electron chi connectivity index (χ3n) is 3.87. The first-order chi connectivity index (χ1) is 13.3. The molecule has 0 spiro atoms. The molecular formula is C18H18ClN5O3S. The summed E-state index contributed by atoms with van der Waals surface area (Å²) < 4.78 is 27.7. The van der Waals surface area contributed by atoms with Gasteiger partial charge in [0, 0.05) is 36.3 Å². The van der Waals surface area contributed by atoms with Crippen molar-refractivity contribution in [2.75, 3.05) is 15.8 Å². The summed E-state index contributed by atoms with van der Waals surface area (Å²) >= 11 is 6.05. The number of nitrogens with zero attached hydrogens (tertiary/aromatic N) is 3. The molecule has 0 atom stereocenters. The maximum atomic E-state index is 12.6. The smallest absolute Gasteiger partial charge is 0.257 e. The highest BCUT2D eigenvalue weighted by atomic mass is 35.5. The highest BCUT2D eigenvalue weighted by Gasteiger charge is 2.15. The third-order valence-corrected chi connectivity index (χ3v) is 5.40. The summed E-state index contributed by atoms with van der Waals surface area (Å²) in [7, 11) is -1.67. The lowest BCUT2D eigenvalue weighted by Gasteiger charge is -2.10. The quantitative estimate of drug-likeness (QED) is 0.638. The van der Waals surface area contributed by atoms with Crippen LogP contribution in [-0.4, -0.2) is 34.6 Å². The fourth-order valence-corrected chi connectivity index (χ4v) is 3.37. The Bertz CT molecular complexity index is 1110. The molecule has 0 saturated carbocycles. The van der Waals surface area contributed by atoms with Crippen LogP contribution in [0.4, 0.5) is 11.4 Å². The van der Waals surface area contributed by atoms with E-state index in [4.69, 9.17) is 11.6 Å². The van der Waals surface area contributed by atoms with Gasteiger partial charge in [0.25, 0.3) is 5.91 Å². The van der Waals surface area contributed by atoms with Crippen molar-refractivity contribution in [3.05, 3.63) is 59.5 Å². The van der Waals surface area contributed by atoms with Gasteiger partial charge in [0.2, 0.25) is 10.0 Å². The van der Waals surface area contributed by atoms with E-state index in [1.54, 1.807) is 42.3 Å². The standard InChI is InChI=1S/C18H18ClN5O3S/c1-3-28(26,27)23-15-9-13(19)8-14(10-15)22-18(25)12-7-16(24(2)11-12)17-20-5-4-6-21-17/h4-11,23H,3H2,1-2H3,(H,22,25). The van der Waals surface area contributed by atoms with Gasteiger partial charge in [-0.3, -0.25) is 9.52 Å². The number of nitrogens with one attached hydrogen (secondary N) is 2. The molecule has 0 aliphatic carbocycles. The van der Waals surface area contributed by atoms with Crippen molar-refractivity contribution in [1.29, 1.82) is 0 Å². The average molecular weight is 420 g/mol. The molecule has 3 aromatic rings. The number of halogens is 1. The zero-order valence-electron chi connectivity index (χ0n) is 15.2. The van der Waals surface area contributed by atoms with E-state index in [0.29, 0.717) is 22.8 Å².